The largest absolute Gasteiger partial charge is 0.347 e. The summed E-state index contributed by atoms with van der Waals surface area (Å²) in [5, 5.41) is 0. The fourth-order valence-electron chi connectivity index (χ4n) is 4.37. The minimum atomic E-state index is -1.05. The molecule has 4 aliphatic rings. The van der Waals surface area contributed by atoms with Crippen molar-refractivity contribution in [1.82, 2.24) is 0 Å². The van der Waals surface area contributed by atoms with Gasteiger partial charge in [-0.25, -0.2) is 0 Å². The third-order valence-electron chi connectivity index (χ3n) is 5.43. The molecular formula is C17H24O3. The van der Waals surface area contributed by atoms with E-state index in [9.17, 15) is 4.79 Å². The maximum Gasteiger partial charge on any atom is 0.235 e. The Morgan fingerprint density at radius 1 is 1.25 bits per heavy atom. The first kappa shape index (κ1) is 14.0. The number of carbonyl (C=O) groups excluding carboxylic acids is 1. The number of ether oxygens (including phenoxy) is 2. The Kier molecular flexibility index (Phi) is 3.59. The average molecular weight is 276 g/mol. The molecule has 0 unspecified atom stereocenters. The van der Waals surface area contributed by atoms with E-state index in [1.54, 1.807) is 14.2 Å². The first-order valence-electron chi connectivity index (χ1n) is 7.66. The standard InChI is InChI=1S/C17H24O3/c1-11-9-14-13(12-7-5-4-6-8-12)10-15(11)17(19-2,20-3)16(14)18/h7,9,13-15H,4-6,8,10H2,1-3H3/t13-,14+,15+/m1/s1. The van der Waals surface area contributed by atoms with Crippen LogP contribution in [0, 0.1) is 17.8 Å². The lowest BCUT2D eigenvalue weighted by Gasteiger charge is -2.51. The molecule has 0 aliphatic heterocycles. The predicted octanol–water partition coefficient (Wildman–Crippen LogP) is 3.26. The molecule has 1 saturated carbocycles. The van der Waals surface area contributed by atoms with Gasteiger partial charge in [0, 0.05) is 26.1 Å². The summed E-state index contributed by atoms with van der Waals surface area (Å²) in [5.41, 5.74) is 2.73. The molecule has 20 heavy (non-hydrogen) atoms. The van der Waals surface area contributed by atoms with Gasteiger partial charge in [-0.2, -0.15) is 0 Å². The van der Waals surface area contributed by atoms with Crippen molar-refractivity contribution in [3.8, 4) is 0 Å². The van der Waals surface area contributed by atoms with Crippen molar-refractivity contribution in [2.45, 2.75) is 44.8 Å². The lowest BCUT2D eigenvalue weighted by molar-refractivity contribution is -0.240. The van der Waals surface area contributed by atoms with E-state index in [-0.39, 0.29) is 17.6 Å². The summed E-state index contributed by atoms with van der Waals surface area (Å²) in [4.78, 5) is 12.8. The zero-order chi connectivity index (χ0) is 14.3. The first-order valence-corrected chi connectivity index (χ1v) is 7.66. The lowest BCUT2D eigenvalue weighted by Crippen LogP contribution is -2.60. The Balaban J connectivity index is 1.96. The van der Waals surface area contributed by atoms with Gasteiger partial charge in [0.1, 0.15) is 0 Å². The van der Waals surface area contributed by atoms with Crippen LogP contribution in [0.5, 0.6) is 0 Å². The number of ketones is 1. The summed E-state index contributed by atoms with van der Waals surface area (Å²) < 4.78 is 11.1. The maximum absolute atomic E-state index is 12.8. The van der Waals surface area contributed by atoms with Crippen molar-refractivity contribution in [2.75, 3.05) is 14.2 Å². The summed E-state index contributed by atoms with van der Waals surface area (Å²) in [6, 6.07) is 0. The Hall–Kier alpha value is -0.930. The number of rotatable bonds is 3. The van der Waals surface area contributed by atoms with Gasteiger partial charge in [0.15, 0.2) is 5.78 Å². The Labute approximate surface area is 121 Å². The van der Waals surface area contributed by atoms with E-state index in [0.717, 1.165) is 12.8 Å². The van der Waals surface area contributed by atoms with E-state index in [0.29, 0.717) is 5.92 Å². The molecule has 2 bridgehead atoms. The van der Waals surface area contributed by atoms with Gasteiger partial charge in [-0.3, -0.25) is 4.79 Å². The molecule has 3 nitrogen and oxygen atoms in total. The molecule has 0 N–H and O–H groups in total. The highest BCUT2D eigenvalue weighted by molar-refractivity contribution is 5.93. The van der Waals surface area contributed by atoms with E-state index < -0.39 is 5.79 Å². The molecule has 0 amide bonds. The summed E-state index contributed by atoms with van der Waals surface area (Å²) in [6.45, 7) is 2.10. The SMILES string of the molecule is COC1(OC)C(=O)[C@H]2C=C(C)[C@@H]1C[C@@H]2C1=CCCCC1. The maximum atomic E-state index is 12.8. The van der Waals surface area contributed by atoms with E-state index >= 15 is 0 Å². The van der Waals surface area contributed by atoms with Crippen molar-refractivity contribution in [3.05, 3.63) is 23.3 Å². The molecule has 0 heterocycles. The number of carbonyl (C=O) groups is 1. The smallest absolute Gasteiger partial charge is 0.235 e. The molecular weight excluding hydrogens is 252 g/mol. The van der Waals surface area contributed by atoms with Crippen LogP contribution in [0.25, 0.3) is 0 Å². The number of Topliss-reactive ketones (excluding diaryl/α,β-unsaturated/α-hetero) is 1. The van der Waals surface area contributed by atoms with Gasteiger partial charge in [0.25, 0.3) is 0 Å². The second-order valence-corrected chi connectivity index (χ2v) is 6.30. The van der Waals surface area contributed by atoms with Crippen LogP contribution >= 0.6 is 0 Å². The van der Waals surface area contributed by atoms with Gasteiger partial charge >= 0.3 is 0 Å². The zero-order valence-electron chi connectivity index (χ0n) is 12.6. The third kappa shape index (κ3) is 1.83. The van der Waals surface area contributed by atoms with Gasteiger partial charge in [0.05, 0.1) is 0 Å². The predicted molar refractivity (Wildman–Crippen MR) is 77.2 cm³/mol. The highest BCUT2D eigenvalue weighted by Crippen LogP contribution is 2.52. The van der Waals surface area contributed by atoms with Crippen LogP contribution in [0.3, 0.4) is 0 Å². The molecule has 0 aromatic carbocycles. The van der Waals surface area contributed by atoms with Crippen LogP contribution in [-0.2, 0) is 14.3 Å². The number of methoxy groups -OCH3 is 2. The molecule has 0 spiro atoms. The number of fused-ring (bicyclic) bond motifs is 2. The highest BCUT2D eigenvalue weighted by Gasteiger charge is 2.59. The third-order valence-corrected chi connectivity index (χ3v) is 5.43. The molecule has 4 aliphatic carbocycles. The Bertz CT molecular complexity index is 471. The minimum absolute atomic E-state index is 0.0582. The number of hydrogen-bond donors (Lipinski definition) is 0. The zero-order valence-corrected chi connectivity index (χ0v) is 12.6. The van der Waals surface area contributed by atoms with Crippen molar-refractivity contribution >= 4 is 5.78 Å². The van der Waals surface area contributed by atoms with Gasteiger partial charge < -0.3 is 9.47 Å². The summed E-state index contributed by atoms with van der Waals surface area (Å²) in [5.74, 6) is -0.572. The minimum Gasteiger partial charge on any atom is -0.347 e. The van der Waals surface area contributed by atoms with Gasteiger partial charge in [0.2, 0.25) is 5.79 Å². The molecule has 0 saturated heterocycles. The van der Waals surface area contributed by atoms with Crippen LogP contribution in [0.1, 0.15) is 39.0 Å². The van der Waals surface area contributed by atoms with Crippen molar-refractivity contribution in [3.63, 3.8) is 0 Å². The molecule has 110 valence electrons. The van der Waals surface area contributed by atoms with Crippen molar-refractivity contribution in [1.29, 1.82) is 0 Å². The van der Waals surface area contributed by atoms with Crippen LogP contribution in [-0.4, -0.2) is 25.8 Å². The quantitative estimate of drug-likeness (QED) is 0.586. The fourth-order valence-corrected chi connectivity index (χ4v) is 4.37. The van der Waals surface area contributed by atoms with Crippen LogP contribution in [0.2, 0.25) is 0 Å². The molecule has 0 aromatic rings. The van der Waals surface area contributed by atoms with Gasteiger partial charge in [-0.1, -0.05) is 23.3 Å². The molecule has 3 atom stereocenters. The normalized spacial score (nSPS) is 35.8. The van der Waals surface area contributed by atoms with E-state index in [1.165, 1.54) is 30.4 Å². The molecule has 1 fully saturated rings. The van der Waals surface area contributed by atoms with E-state index in [1.807, 2.05) is 0 Å². The lowest BCUT2D eigenvalue weighted by atomic mass is 9.59. The summed E-state index contributed by atoms with van der Waals surface area (Å²) >= 11 is 0. The van der Waals surface area contributed by atoms with E-state index in [4.69, 9.17) is 9.47 Å². The van der Waals surface area contributed by atoms with Crippen molar-refractivity contribution in [2.24, 2.45) is 17.8 Å². The molecule has 4 rings (SSSR count). The Morgan fingerprint density at radius 3 is 2.60 bits per heavy atom. The summed E-state index contributed by atoms with van der Waals surface area (Å²) in [7, 11) is 3.18. The number of allylic oxidation sites excluding steroid dienone is 3. The monoisotopic (exact) mass is 276 g/mol. The molecule has 0 aromatic heterocycles. The highest BCUT2D eigenvalue weighted by atomic mass is 16.7. The Morgan fingerprint density at radius 2 is 2.00 bits per heavy atom. The fraction of sp³-hybridized carbons (Fsp3) is 0.706. The van der Waals surface area contributed by atoms with Crippen LogP contribution in [0.15, 0.2) is 23.3 Å². The van der Waals surface area contributed by atoms with Crippen LogP contribution < -0.4 is 0 Å². The van der Waals surface area contributed by atoms with Crippen LogP contribution in [0.4, 0.5) is 0 Å². The second kappa shape index (κ2) is 5.12. The summed E-state index contributed by atoms with van der Waals surface area (Å²) in [6.07, 6.45) is 10.4. The molecule has 3 heteroatoms. The number of hydrogen-bond acceptors (Lipinski definition) is 3. The van der Waals surface area contributed by atoms with Crippen molar-refractivity contribution < 1.29 is 14.3 Å². The first-order chi connectivity index (χ1) is 9.64. The second-order valence-electron chi connectivity index (χ2n) is 6.30. The molecule has 0 radical (unpaired) electrons. The van der Waals surface area contributed by atoms with Gasteiger partial charge in [-0.15, -0.1) is 0 Å². The van der Waals surface area contributed by atoms with Gasteiger partial charge in [-0.05, 0) is 44.9 Å². The topological polar surface area (TPSA) is 35.5 Å². The average Bonchev–Trinajstić information content (AvgIpc) is 2.50. The van der Waals surface area contributed by atoms with E-state index in [2.05, 4.69) is 19.1 Å².